The molecule has 1 atom stereocenters. The summed E-state index contributed by atoms with van der Waals surface area (Å²) in [6, 6.07) is 11.9. The van der Waals surface area contributed by atoms with Crippen LogP contribution in [0.15, 0.2) is 36.5 Å². The average Bonchev–Trinajstić information content (AvgIpc) is 3.36. The molecular weight excluding hydrogens is 302 g/mol. The Morgan fingerprint density at radius 2 is 2.17 bits per heavy atom. The minimum Gasteiger partial charge on any atom is -0.308 e. The van der Waals surface area contributed by atoms with Gasteiger partial charge in [0.05, 0.1) is 18.4 Å². The van der Waals surface area contributed by atoms with E-state index < -0.39 is 0 Å². The highest BCUT2D eigenvalue weighted by Crippen LogP contribution is 2.34. The molecule has 124 valence electrons. The molecule has 1 aliphatic carbocycles. The Labute approximate surface area is 141 Å². The summed E-state index contributed by atoms with van der Waals surface area (Å²) in [7, 11) is 1.96. The van der Waals surface area contributed by atoms with Crippen LogP contribution in [0, 0.1) is 17.2 Å². The van der Waals surface area contributed by atoms with E-state index in [4.69, 9.17) is 0 Å². The predicted molar refractivity (Wildman–Crippen MR) is 91.7 cm³/mol. The number of nitrogens with one attached hydrogen (secondary N) is 1. The van der Waals surface area contributed by atoms with E-state index in [1.807, 2.05) is 37.4 Å². The van der Waals surface area contributed by atoms with Crippen LogP contribution in [0.3, 0.4) is 0 Å². The summed E-state index contributed by atoms with van der Waals surface area (Å²) >= 11 is 0. The molecule has 1 saturated carbocycles. The number of carbonyl (C=O) groups is 1. The Balaban J connectivity index is 1.75. The third-order valence-electron chi connectivity index (χ3n) is 4.54. The van der Waals surface area contributed by atoms with Crippen LogP contribution in [0.1, 0.15) is 25.3 Å². The van der Waals surface area contributed by atoms with Crippen molar-refractivity contribution < 1.29 is 4.79 Å². The predicted octanol–water partition coefficient (Wildman–Crippen LogP) is 2.41. The molecule has 1 heterocycles. The smallest absolute Gasteiger partial charge is 0.239 e. The third kappa shape index (κ3) is 3.47. The highest BCUT2D eigenvalue weighted by Gasteiger charge is 2.31. The number of rotatable bonds is 6. The van der Waals surface area contributed by atoms with E-state index in [1.165, 1.54) is 19.0 Å². The molecule has 0 radical (unpaired) electrons. The first-order valence-electron chi connectivity index (χ1n) is 8.13. The molecule has 0 bridgehead atoms. The van der Waals surface area contributed by atoms with E-state index in [0.29, 0.717) is 29.9 Å². The van der Waals surface area contributed by atoms with Gasteiger partial charge in [0.2, 0.25) is 5.91 Å². The number of hydrogen-bond acceptors (Lipinski definition) is 4. The van der Waals surface area contributed by atoms with Gasteiger partial charge in [-0.2, -0.15) is 10.4 Å². The number of nitrogens with zero attached hydrogens (tertiary/aromatic N) is 4. The molecule has 24 heavy (non-hydrogen) atoms. The lowest BCUT2D eigenvalue weighted by Crippen LogP contribution is -2.37. The van der Waals surface area contributed by atoms with Crippen LogP contribution < -0.4 is 5.32 Å². The maximum Gasteiger partial charge on any atom is 0.239 e. The molecule has 2 aromatic rings. The number of hydrogen-bond donors (Lipinski definition) is 1. The fraction of sp³-hybridized carbons (Fsp3) is 0.389. The van der Waals surface area contributed by atoms with Gasteiger partial charge in [-0.05, 0) is 44.9 Å². The van der Waals surface area contributed by atoms with E-state index in [-0.39, 0.29) is 5.91 Å². The fourth-order valence-electron chi connectivity index (χ4n) is 2.80. The largest absolute Gasteiger partial charge is 0.308 e. The molecule has 1 N–H and O–H groups in total. The lowest BCUT2D eigenvalue weighted by atomic mass is 10.2. The van der Waals surface area contributed by atoms with Gasteiger partial charge in [-0.3, -0.25) is 9.69 Å². The van der Waals surface area contributed by atoms with Crippen molar-refractivity contribution in [2.75, 3.05) is 18.9 Å². The highest BCUT2D eigenvalue weighted by atomic mass is 16.2. The number of aromatic nitrogens is 2. The Morgan fingerprint density at radius 3 is 2.79 bits per heavy atom. The standard InChI is InChI=1S/C18H21N5O/c1-13(14-8-9-14)22(2)12-17(24)21-18-15(10-19)11-20-23(18)16-6-4-3-5-7-16/h3-7,11,13-14H,8-9,12H2,1-2H3,(H,21,24)/t13-/m0/s1. The van der Waals surface area contributed by atoms with Crippen molar-refractivity contribution in [2.24, 2.45) is 5.92 Å². The van der Waals surface area contributed by atoms with Crippen LogP contribution in [0.25, 0.3) is 5.69 Å². The third-order valence-corrected chi connectivity index (χ3v) is 4.54. The second-order valence-electron chi connectivity index (χ2n) is 6.31. The summed E-state index contributed by atoms with van der Waals surface area (Å²) < 4.78 is 1.58. The zero-order chi connectivity index (χ0) is 17.1. The monoisotopic (exact) mass is 323 g/mol. The average molecular weight is 323 g/mol. The van der Waals surface area contributed by atoms with Gasteiger partial charge in [0.1, 0.15) is 11.6 Å². The molecule has 0 aliphatic heterocycles. The van der Waals surface area contributed by atoms with Gasteiger partial charge in [-0.1, -0.05) is 18.2 Å². The summed E-state index contributed by atoms with van der Waals surface area (Å²) in [5.74, 6) is 0.979. The highest BCUT2D eigenvalue weighted by molar-refractivity contribution is 5.92. The van der Waals surface area contributed by atoms with Crippen molar-refractivity contribution in [2.45, 2.75) is 25.8 Å². The Kier molecular flexibility index (Phi) is 4.63. The Bertz CT molecular complexity index is 757. The first kappa shape index (κ1) is 16.2. The summed E-state index contributed by atoms with van der Waals surface area (Å²) in [6.45, 7) is 2.45. The zero-order valence-corrected chi connectivity index (χ0v) is 13.9. The van der Waals surface area contributed by atoms with E-state index >= 15 is 0 Å². The fourth-order valence-corrected chi connectivity index (χ4v) is 2.80. The quantitative estimate of drug-likeness (QED) is 0.886. The lowest BCUT2D eigenvalue weighted by Gasteiger charge is -2.23. The molecule has 0 saturated heterocycles. The number of para-hydroxylation sites is 1. The molecule has 1 aromatic carbocycles. The molecule has 3 rings (SSSR count). The minimum absolute atomic E-state index is 0.140. The van der Waals surface area contributed by atoms with Gasteiger partial charge in [-0.15, -0.1) is 0 Å². The molecular formula is C18H21N5O. The van der Waals surface area contributed by atoms with Crippen molar-refractivity contribution in [1.82, 2.24) is 14.7 Å². The first-order chi connectivity index (χ1) is 11.6. The maximum absolute atomic E-state index is 12.4. The second kappa shape index (κ2) is 6.85. The van der Waals surface area contributed by atoms with Gasteiger partial charge in [0, 0.05) is 6.04 Å². The van der Waals surface area contributed by atoms with Crippen molar-refractivity contribution in [3.8, 4) is 11.8 Å². The normalized spacial score (nSPS) is 15.1. The van der Waals surface area contributed by atoms with Gasteiger partial charge < -0.3 is 5.32 Å². The summed E-state index contributed by atoms with van der Waals surface area (Å²) in [6.07, 6.45) is 3.96. The maximum atomic E-state index is 12.4. The number of nitriles is 1. The molecule has 1 fully saturated rings. The molecule has 6 heteroatoms. The summed E-state index contributed by atoms with van der Waals surface area (Å²) in [4.78, 5) is 14.5. The number of amides is 1. The van der Waals surface area contributed by atoms with E-state index in [2.05, 4.69) is 28.3 Å². The van der Waals surface area contributed by atoms with Crippen LogP contribution in [0.4, 0.5) is 5.82 Å². The van der Waals surface area contributed by atoms with E-state index in [9.17, 15) is 10.1 Å². The molecule has 0 spiro atoms. The molecule has 1 aliphatic rings. The van der Waals surface area contributed by atoms with Crippen molar-refractivity contribution in [3.05, 3.63) is 42.1 Å². The Morgan fingerprint density at radius 1 is 1.46 bits per heavy atom. The van der Waals surface area contributed by atoms with E-state index in [0.717, 1.165) is 5.69 Å². The molecule has 1 amide bonds. The summed E-state index contributed by atoms with van der Waals surface area (Å²) in [5.41, 5.74) is 1.15. The number of benzene rings is 1. The minimum atomic E-state index is -0.140. The lowest BCUT2D eigenvalue weighted by molar-refractivity contribution is -0.117. The van der Waals surface area contributed by atoms with Gasteiger partial charge in [0.25, 0.3) is 0 Å². The number of likely N-dealkylation sites (N-methyl/N-ethyl adjacent to an activating group) is 1. The summed E-state index contributed by atoms with van der Waals surface area (Å²) in [5, 5.41) is 16.4. The van der Waals surface area contributed by atoms with Gasteiger partial charge >= 0.3 is 0 Å². The van der Waals surface area contributed by atoms with Gasteiger partial charge in [-0.25, -0.2) is 4.68 Å². The zero-order valence-electron chi connectivity index (χ0n) is 13.9. The Hall–Kier alpha value is -2.65. The van der Waals surface area contributed by atoms with Crippen molar-refractivity contribution in [1.29, 1.82) is 5.26 Å². The van der Waals surface area contributed by atoms with Crippen LogP contribution in [0.2, 0.25) is 0 Å². The molecule has 0 unspecified atom stereocenters. The molecule has 6 nitrogen and oxygen atoms in total. The van der Waals surface area contributed by atoms with Crippen molar-refractivity contribution in [3.63, 3.8) is 0 Å². The SMILES string of the molecule is C[C@@H](C1CC1)N(C)CC(=O)Nc1c(C#N)cnn1-c1ccccc1. The number of carbonyl (C=O) groups excluding carboxylic acids is 1. The van der Waals surface area contributed by atoms with Crippen LogP contribution in [0.5, 0.6) is 0 Å². The van der Waals surface area contributed by atoms with Crippen LogP contribution in [-0.2, 0) is 4.79 Å². The topological polar surface area (TPSA) is 74.0 Å². The molecule has 1 aromatic heterocycles. The van der Waals surface area contributed by atoms with Crippen molar-refractivity contribution >= 4 is 11.7 Å². The van der Waals surface area contributed by atoms with E-state index in [1.54, 1.807) is 4.68 Å². The number of anilines is 1. The second-order valence-corrected chi connectivity index (χ2v) is 6.31. The van der Waals surface area contributed by atoms with Crippen LogP contribution >= 0.6 is 0 Å². The van der Waals surface area contributed by atoms with Gasteiger partial charge in [0.15, 0.2) is 5.82 Å². The first-order valence-corrected chi connectivity index (χ1v) is 8.13. The van der Waals surface area contributed by atoms with Crippen LogP contribution in [-0.4, -0.2) is 40.2 Å².